The van der Waals surface area contributed by atoms with Crippen molar-refractivity contribution in [2.75, 3.05) is 13.2 Å². The van der Waals surface area contributed by atoms with Crippen molar-refractivity contribution < 1.29 is 14.4 Å². The van der Waals surface area contributed by atoms with Crippen LogP contribution in [0.3, 0.4) is 0 Å². The lowest BCUT2D eigenvalue weighted by molar-refractivity contribution is -0.195. The molecule has 0 atom stereocenters. The Morgan fingerprint density at radius 3 is 2.79 bits per heavy atom. The second kappa shape index (κ2) is 6.26. The number of nitrogens with zero attached hydrogens (tertiary/aromatic N) is 2. The zero-order chi connectivity index (χ0) is 16.7. The Bertz CT molecular complexity index is 696. The summed E-state index contributed by atoms with van der Waals surface area (Å²) in [5.74, 6) is 0.516. The zero-order valence-corrected chi connectivity index (χ0v) is 15.1. The summed E-state index contributed by atoms with van der Waals surface area (Å²) in [5, 5.41) is 14.4. The van der Waals surface area contributed by atoms with Crippen LogP contribution in [0.4, 0.5) is 0 Å². The van der Waals surface area contributed by atoms with Crippen molar-refractivity contribution in [2.45, 2.75) is 57.8 Å². The lowest BCUT2D eigenvalue weighted by atomic mass is 9.99. The Morgan fingerprint density at radius 1 is 1.29 bits per heavy atom. The Morgan fingerprint density at radius 2 is 2.12 bits per heavy atom. The molecule has 0 radical (unpaired) electrons. The molecule has 0 unspecified atom stereocenters. The van der Waals surface area contributed by atoms with E-state index in [1.807, 2.05) is 17.4 Å². The molecule has 1 N–H and O–H groups in total. The topological polar surface area (TPSA) is 58.7 Å². The van der Waals surface area contributed by atoms with Gasteiger partial charge in [-0.3, -0.25) is 4.90 Å². The molecule has 0 aromatic carbocycles. The van der Waals surface area contributed by atoms with E-state index in [1.54, 1.807) is 10.4 Å². The van der Waals surface area contributed by atoms with Gasteiger partial charge in [0, 0.05) is 35.0 Å². The van der Waals surface area contributed by atoms with Crippen molar-refractivity contribution in [1.82, 2.24) is 10.1 Å². The van der Waals surface area contributed by atoms with Gasteiger partial charge in [-0.15, -0.1) is 11.3 Å². The van der Waals surface area contributed by atoms with Gasteiger partial charge in [-0.1, -0.05) is 5.16 Å². The summed E-state index contributed by atoms with van der Waals surface area (Å²) in [6.45, 7) is 6.64. The highest BCUT2D eigenvalue weighted by molar-refractivity contribution is 7.12. The third-order valence-electron chi connectivity index (χ3n) is 4.95. The van der Waals surface area contributed by atoms with Crippen molar-refractivity contribution in [3.8, 4) is 0 Å². The summed E-state index contributed by atoms with van der Waals surface area (Å²) in [5.41, 5.74) is 1.43. The van der Waals surface area contributed by atoms with Gasteiger partial charge >= 0.3 is 0 Å². The minimum absolute atomic E-state index is 0.288. The molecule has 1 fully saturated rings. The predicted octanol–water partition coefficient (Wildman–Crippen LogP) is 2.85. The fourth-order valence-corrected chi connectivity index (χ4v) is 4.63. The van der Waals surface area contributed by atoms with Crippen LogP contribution in [-0.4, -0.2) is 34.4 Å². The highest BCUT2D eigenvalue weighted by atomic mass is 32.1. The zero-order valence-electron chi connectivity index (χ0n) is 14.2. The van der Waals surface area contributed by atoms with Crippen LogP contribution >= 0.6 is 11.3 Å². The molecule has 3 heterocycles. The van der Waals surface area contributed by atoms with E-state index < -0.39 is 5.60 Å². The molecule has 2 aromatic rings. The molecule has 0 saturated carbocycles. The number of fused-ring (bicyclic) bond motifs is 1. The van der Waals surface area contributed by atoms with E-state index in [-0.39, 0.29) is 13.2 Å². The van der Waals surface area contributed by atoms with E-state index >= 15 is 0 Å². The summed E-state index contributed by atoms with van der Waals surface area (Å²) >= 11 is 1.96. The van der Waals surface area contributed by atoms with Gasteiger partial charge < -0.3 is 14.4 Å². The number of hydrogen-bond donors (Lipinski definition) is 1. The number of aryl methyl sites for hydroxylation is 2. The molecule has 4 rings (SSSR count). The third kappa shape index (κ3) is 3.04. The first-order valence-corrected chi connectivity index (χ1v) is 9.46. The van der Waals surface area contributed by atoms with E-state index in [4.69, 9.17) is 9.26 Å². The first-order chi connectivity index (χ1) is 11.5. The monoisotopic (exact) mass is 348 g/mol. The minimum atomic E-state index is -0.984. The van der Waals surface area contributed by atoms with Gasteiger partial charge in [0.25, 0.3) is 0 Å². The molecule has 0 spiro atoms. The van der Waals surface area contributed by atoms with Crippen molar-refractivity contribution >= 4 is 11.3 Å². The number of ether oxygens (including phenoxy) is 1. The molecule has 5 nitrogen and oxygen atoms in total. The van der Waals surface area contributed by atoms with Crippen molar-refractivity contribution in [3.05, 3.63) is 38.9 Å². The predicted molar refractivity (Wildman–Crippen MR) is 91.9 cm³/mol. The summed E-state index contributed by atoms with van der Waals surface area (Å²) in [6, 6.07) is 4.66. The second-order valence-electron chi connectivity index (χ2n) is 7.22. The highest BCUT2D eigenvalue weighted by Gasteiger charge is 2.42. The van der Waals surface area contributed by atoms with E-state index in [0.717, 1.165) is 18.8 Å². The second-order valence-corrected chi connectivity index (χ2v) is 8.44. The average Bonchev–Trinajstić information content (AvgIpc) is 3.19. The van der Waals surface area contributed by atoms with E-state index in [0.29, 0.717) is 11.8 Å². The fourth-order valence-electron chi connectivity index (χ4n) is 3.34. The van der Waals surface area contributed by atoms with Crippen LogP contribution in [0.25, 0.3) is 0 Å². The molecule has 0 bridgehead atoms. The van der Waals surface area contributed by atoms with Crippen LogP contribution in [0.5, 0.6) is 0 Å². The SMILES string of the molecule is CC(C)N(Cc1cc(C2(O)COC2)on1)Cc1cc2c(s1)CCC2. The molecule has 2 aromatic heterocycles. The van der Waals surface area contributed by atoms with Gasteiger partial charge in [-0.2, -0.15) is 0 Å². The molecular weight excluding hydrogens is 324 g/mol. The average molecular weight is 348 g/mol. The van der Waals surface area contributed by atoms with Gasteiger partial charge in [-0.05, 0) is 44.7 Å². The first-order valence-electron chi connectivity index (χ1n) is 8.64. The summed E-state index contributed by atoms with van der Waals surface area (Å²) < 4.78 is 10.4. The lowest BCUT2D eigenvalue weighted by Crippen LogP contribution is -2.46. The summed E-state index contributed by atoms with van der Waals surface area (Å²) in [6.07, 6.45) is 3.79. The first kappa shape index (κ1) is 16.3. The quantitative estimate of drug-likeness (QED) is 0.870. The molecular formula is C18H24N2O3S. The largest absolute Gasteiger partial charge is 0.377 e. The highest BCUT2D eigenvalue weighted by Crippen LogP contribution is 2.32. The van der Waals surface area contributed by atoms with Crippen LogP contribution in [-0.2, 0) is 36.3 Å². The molecule has 24 heavy (non-hydrogen) atoms. The number of aliphatic hydroxyl groups is 1. The van der Waals surface area contributed by atoms with E-state index in [9.17, 15) is 5.11 Å². The molecule has 1 aliphatic heterocycles. The molecule has 1 saturated heterocycles. The number of aromatic nitrogens is 1. The van der Waals surface area contributed by atoms with Gasteiger partial charge in [-0.25, -0.2) is 0 Å². The molecule has 130 valence electrons. The van der Waals surface area contributed by atoms with Crippen LogP contribution in [0, 0.1) is 0 Å². The molecule has 6 heteroatoms. The Kier molecular flexibility index (Phi) is 4.24. The lowest BCUT2D eigenvalue weighted by Gasteiger charge is -2.33. The minimum Gasteiger partial charge on any atom is -0.377 e. The number of hydrogen-bond acceptors (Lipinski definition) is 6. The Balaban J connectivity index is 1.45. The summed E-state index contributed by atoms with van der Waals surface area (Å²) in [7, 11) is 0. The van der Waals surface area contributed by atoms with Crippen molar-refractivity contribution in [2.24, 2.45) is 0 Å². The van der Waals surface area contributed by atoms with Crippen LogP contribution in [0.15, 0.2) is 16.7 Å². The number of thiophene rings is 1. The van der Waals surface area contributed by atoms with Crippen LogP contribution in [0.2, 0.25) is 0 Å². The van der Waals surface area contributed by atoms with Gasteiger partial charge in [0.2, 0.25) is 0 Å². The van der Waals surface area contributed by atoms with Gasteiger partial charge in [0.05, 0.1) is 18.9 Å². The maximum atomic E-state index is 10.3. The standard InChI is InChI=1S/C18H24N2O3S/c1-12(2)20(9-15-6-13-4-3-5-16(13)24-15)8-14-7-17(23-19-14)18(21)10-22-11-18/h6-7,12,21H,3-5,8-11H2,1-2H3. The van der Waals surface area contributed by atoms with Crippen LogP contribution < -0.4 is 0 Å². The number of rotatable bonds is 6. The normalized spacial score (nSPS) is 19.0. The maximum absolute atomic E-state index is 10.3. The van der Waals surface area contributed by atoms with Crippen molar-refractivity contribution in [1.29, 1.82) is 0 Å². The molecule has 1 aliphatic carbocycles. The van der Waals surface area contributed by atoms with Crippen LogP contribution in [0.1, 0.15) is 47.0 Å². The fraction of sp³-hybridized carbons (Fsp3) is 0.611. The Hall–Kier alpha value is -1.21. The third-order valence-corrected chi connectivity index (χ3v) is 6.17. The smallest absolute Gasteiger partial charge is 0.173 e. The van der Waals surface area contributed by atoms with E-state index in [2.05, 4.69) is 30.0 Å². The molecule has 2 aliphatic rings. The van der Waals surface area contributed by atoms with Crippen molar-refractivity contribution in [3.63, 3.8) is 0 Å². The Labute approximate surface area is 146 Å². The van der Waals surface area contributed by atoms with Gasteiger partial charge in [0.15, 0.2) is 11.4 Å². The summed E-state index contributed by atoms with van der Waals surface area (Å²) in [4.78, 5) is 5.40. The van der Waals surface area contributed by atoms with E-state index in [1.165, 1.54) is 24.1 Å². The van der Waals surface area contributed by atoms with Gasteiger partial charge in [0.1, 0.15) is 0 Å². The molecule has 0 amide bonds. The maximum Gasteiger partial charge on any atom is 0.173 e.